The number of halogens is 1. The molecule has 2 aromatic carbocycles. The smallest absolute Gasteiger partial charge is 0.355 e. The van der Waals surface area contributed by atoms with Crippen molar-refractivity contribution in [2.75, 3.05) is 0 Å². The van der Waals surface area contributed by atoms with E-state index in [0.29, 0.717) is 16.1 Å². The Balaban J connectivity index is 1.78. The maximum absolute atomic E-state index is 12.8. The second kappa shape index (κ2) is 8.24. The van der Waals surface area contributed by atoms with E-state index >= 15 is 0 Å². The van der Waals surface area contributed by atoms with E-state index in [9.17, 15) is 14.4 Å². The first-order valence-corrected chi connectivity index (χ1v) is 9.48. The fourth-order valence-electron chi connectivity index (χ4n) is 2.38. The molecule has 27 heavy (non-hydrogen) atoms. The van der Waals surface area contributed by atoms with E-state index in [1.165, 1.54) is 5.38 Å². The summed E-state index contributed by atoms with van der Waals surface area (Å²) in [6, 6.07) is 13.4. The molecule has 8 heteroatoms. The van der Waals surface area contributed by atoms with Crippen LogP contribution in [0.5, 0.6) is 0 Å². The van der Waals surface area contributed by atoms with Gasteiger partial charge in [-0.3, -0.25) is 9.59 Å². The molecule has 0 radical (unpaired) electrons. The van der Waals surface area contributed by atoms with Gasteiger partial charge in [0.1, 0.15) is 5.01 Å². The number of nitrogens with zero attached hydrogens (tertiary/aromatic N) is 1. The van der Waals surface area contributed by atoms with Crippen LogP contribution in [0.1, 0.15) is 41.8 Å². The van der Waals surface area contributed by atoms with Crippen molar-refractivity contribution in [3.8, 4) is 0 Å². The van der Waals surface area contributed by atoms with Crippen LogP contribution < -0.4 is 5.32 Å². The molecule has 0 bridgehead atoms. The number of hydrogen-bond acceptors (Lipinski definition) is 5. The van der Waals surface area contributed by atoms with Crippen LogP contribution in [0.4, 0.5) is 0 Å². The van der Waals surface area contributed by atoms with Crippen LogP contribution in [0.15, 0.2) is 58.4 Å². The van der Waals surface area contributed by atoms with Crippen molar-refractivity contribution in [1.82, 2.24) is 10.3 Å². The van der Waals surface area contributed by atoms with Gasteiger partial charge in [-0.2, -0.15) is 0 Å². The standard InChI is InChI=1S/C19H13BrN2O4S/c20-12-7-5-11(6-8-12)17(23)13-3-1-2-4-14(13)18(24)21-9-16-22-15(10-27-16)19(25)26/h1-8,10H,9H2,(H,21,24)(H,25,26). The van der Waals surface area contributed by atoms with E-state index in [-0.39, 0.29) is 23.6 Å². The van der Waals surface area contributed by atoms with Crippen LogP contribution >= 0.6 is 27.3 Å². The van der Waals surface area contributed by atoms with Crippen molar-refractivity contribution in [2.45, 2.75) is 6.54 Å². The third-order valence-electron chi connectivity index (χ3n) is 3.69. The Kier molecular flexibility index (Phi) is 5.78. The molecule has 0 unspecified atom stereocenters. The highest BCUT2D eigenvalue weighted by Gasteiger charge is 2.18. The number of ketones is 1. The molecule has 0 saturated heterocycles. The van der Waals surface area contributed by atoms with Gasteiger partial charge in [0.2, 0.25) is 0 Å². The number of aromatic carboxylic acids is 1. The average molecular weight is 445 g/mol. The lowest BCUT2D eigenvalue weighted by molar-refractivity contribution is 0.0691. The Morgan fingerprint density at radius 2 is 1.70 bits per heavy atom. The van der Waals surface area contributed by atoms with Gasteiger partial charge in [0, 0.05) is 21.0 Å². The van der Waals surface area contributed by atoms with Crippen molar-refractivity contribution in [2.24, 2.45) is 0 Å². The summed E-state index contributed by atoms with van der Waals surface area (Å²) in [4.78, 5) is 40.1. The SMILES string of the molecule is O=C(O)c1csc(CNC(=O)c2ccccc2C(=O)c2ccc(Br)cc2)n1. The summed E-state index contributed by atoms with van der Waals surface area (Å²) in [5.74, 6) is -1.80. The van der Waals surface area contributed by atoms with Crippen LogP contribution in [0.2, 0.25) is 0 Å². The number of thiazole rings is 1. The lowest BCUT2D eigenvalue weighted by Crippen LogP contribution is -2.25. The van der Waals surface area contributed by atoms with Crippen molar-refractivity contribution < 1.29 is 19.5 Å². The van der Waals surface area contributed by atoms with E-state index in [1.54, 1.807) is 48.5 Å². The number of carbonyl (C=O) groups excluding carboxylic acids is 2. The first kappa shape index (κ1) is 18.9. The number of carboxylic acids is 1. The predicted octanol–water partition coefficient (Wildman–Crippen LogP) is 3.76. The molecule has 1 heterocycles. The monoisotopic (exact) mass is 444 g/mol. The zero-order chi connectivity index (χ0) is 19.4. The lowest BCUT2D eigenvalue weighted by Gasteiger charge is -2.09. The molecule has 0 atom stereocenters. The molecule has 1 aromatic heterocycles. The maximum Gasteiger partial charge on any atom is 0.355 e. The van der Waals surface area contributed by atoms with Crippen LogP contribution in [-0.2, 0) is 6.54 Å². The highest BCUT2D eigenvalue weighted by molar-refractivity contribution is 9.10. The molecule has 0 aliphatic heterocycles. The Hall–Kier alpha value is -2.84. The van der Waals surface area contributed by atoms with E-state index < -0.39 is 11.9 Å². The Bertz CT molecular complexity index is 1010. The molecule has 0 aliphatic carbocycles. The lowest BCUT2D eigenvalue weighted by atomic mass is 9.98. The number of aromatic nitrogens is 1. The van der Waals surface area contributed by atoms with Gasteiger partial charge in [-0.25, -0.2) is 9.78 Å². The molecular formula is C19H13BrN2O4S. The number of amides is 1. The second-order valence-electron chi connectivity index (χ2n) is 5.50. The summed E-state index contributed by atoms with van der Waals surface area (Å²) in [5, 5.41) is 13.5. The van der Waals surface area contributed by atoms with Gasteiger partial charge in [-0.1, -0.05) is 34.1 Å². The van der Waals surface area contributed by atoms with Crippen LogP contribution in [0.25, 0.3) is 0 Å². The van der Waals surface area contributed by atoms with Crippen LogP contribution in [0, 0.1) is 0 Å². The molecule has 0 fully saturated rings. The summed E-state index contributed by atoms with van der Waals surface area (Å²) in [5.41, 5.74) is 0.961. The van der Waals surface area contributed by atoms with Crippen LogP contribution in [0.3, 0.4) is 0 Å². The minimum Gasteiger partial charge on any atom is -0.476 e. The topological polar surface area (TPSA) is 96.4 Å². The minimum atomic E-state index is -1.12. The van der Waals surface area contributed by atoms with Crippen molar-refractivity contribution in [3.63, 3.8) is 0 Å². The largest absolute Gasteiger partial charge is 0.476 e. The fourth-order valence-corrected chi connectivity index (χ4v) is 3.35. The van der Waals surface area contributed by atoms with Crippen molar-refractivity contribution in [3.05, 3.63) is 85.8 Å². The third kappa shape index (κ3) is 4.47. The number of rotatable bonds is 6. The first-order chi connectivity index (χ1) is 13.0. The third-order valence-corrected chi connectivity index (χ3v) is 5.07. The highest BCUT2D eigenvalue weighted by Crippen LogP contribution is 2.18. The van der Waals surface area contributed by atoms with Gasteiger partial charge in [0.25, 0.3) is 5.91 Å². The number of nitrogens with one attached hydrogen (secondary N) is 1. The fraction of sp³-hybridized carbons (Fsp3) is 0.0526. The average Bonchev–Trinajstić information content (AvgIpc) is 3.15. The summed E-state index contributed by atoms with van der Waals surface area (Å²) in [6.07, 6.45) is 0. The van der Waals surface area contributed by atoms with Crippen LogP contribution in [-0.4, -0.2) is 27.8 Å². The van der Waals surface area contributed by atoms with E-state index in [2.05, 4.69) is 26.2 Å². The summed E-state index contributed by atoms with van der Waals surface area (Å²) in [6.45, 7) is 0.0809. The first-order valence-electron chi connectivity index (χ1n) is 7.81. The van der Waals surface area contributed by atoms with Crippen molar-refractivity contribution in [1.29, 1.82) is 0 Å². The molecule has 136 valence electrons. The van der Waals surface area contributed by atoms with E-state index in [1.807, 2.05) is 0 Å². The molecule has 0 aliphatic rings. The van der Waals surface area contributed by atoms with Gasteiger partial charge < -0.3 is 10.4 Å². The maximum atomic E-state index is 12.8. The zero-order valence-corrected chi connectivity index (χ0v) is 16.2. The molecular weight excluding hydrogens is 432 g/mol. The predicted molar refractivity (Wildman–Crippen MR) is 104 cm³/mol. The summed E-state index contributed by atoms with van der Waals surface area (Å²) >= 11 is 4.47. The minimum absolute atomic E-state index is 0.0601. The van der Waals surface area contributed by atoms with Gasteiger partial charge in [-0.15, -0.1) is 11.3 Å². The Morgan fingerprint density at radius 1 is 1.04 bits per heavy atom. The molecule has 0 spiro atoms. The number of carboxylic acid groups (broad SMARTS) is 1. The Labute approximate surface area is 167 Å². The molecule has 0 saturated carbocycles. The summed E-state index contributed by atoms with van der Waals surface area (Å²) < 4.78 is 0.856. The number of carbonyl (C=O) groups is 3. The number of hydrogen-bond donors (Lipinski definition) is 2. The van der Waals surface area contributed by atoms with Crippen molar-refractivity contribution >= 4 is 44.9 Å². The van der Waals surface area contributed by atoms with Gasteiger partial charge in [0.05, 0.1) is 12.1 Å². The molecule has 3 aromatic rings. The highest BCUT2D eigenvalue weighted by atomic mass is 79.9. The summed E-state index contributed by atoms with van der Waals surface area (Å²) in [7, 11) is 0. The van der Waals surface area contributed by atoms with E-state index in [4.69, 9.17) is 5.11 Å². The Morgan fingerprint density at radius 3 is 2.33 bits per heavy atom. The molecule has 2 N–H and O–H groups in total. The van der Waals surface area contributed by atoms with E-state index in [0.717, 1.165) is 15.8 Å². The molecule has 3 rings (SSSR count). The van der Waals surface area contributed by atoms with Gasteiger partial charge >= 0.3 is 5.97 Å². The molecule has 6 nitrogen and oxygen atoms in total. The molecule has 1 amide bonds. The second-order valence-corrected chi connectivity index (χ2v) is 7.35. The number of benzene rings is 2. The normalized spacial score (nSPS) is 10.4. The van der Waals surface area contributed by atoms with Gasteiger partial charge in [0.15, 0.2) is 11.5 Å². The van der Waals surface area contributed by atoms with Gasteiger partial charge in [-0.05, 0) is 30.3 Å². The zero-order valence-electron chi connectivity index (χ0n) is 13.8. The quantitative estimate of drug-likeness (QED) is 0.564.